The zero-order valence-electron chi connectivity index (χ0n) is 9.58. The summed E-state index contributed by atoms with van der Waals surface area (Å²) in [6.07, 6.45) is 2.15. The first-order chi connectivity index (χ1) is 7.21. The number of aromatic hydroxyl groups is 1. The van der Waals surface area contributed by atoms with E-state index in [0.717, 1.165) is 18.5 Å². The maximum atomic E-state index is 9.58. The lowest BCUT2D eigenvalue weighted by molar-refractivity contribution is 0.373. The number of nitrogens with one attached hydrogen (secondary N) is 1. The molecule has 0 saturated heterocycles. The molecule has 3 heteroatoms. The van der Waals surface area contributed by atoms with E-state index in [1.165, 1.54) is 0 Å². The van der Waals surface area contributed by atoms with E-state index in [9.17, 15) is 5.11 Å². The first-order valence-corrected chi connectivity index (χ1v) is 5.34. The van der Waals surface area contributed by atoms with E-state index >= 15 is 0 Å². The van der Waals surface area contributed by atoms with Crippen molar-refractivity contribution in [2.45, 2.75) is 32.7 Å². The Hall–Kier alpha value is -1.38. The Labute approximate surface area is 91.1 Å². The van der Waals surface area contributed by atoms with Crippen LogP contribution >= 0.6 is 0 Å². The lowest BCUT2D eigenvalue weighted by Gasteiger charge is -2.16. The maximum Gasteiger partial charge on any atom is 0.160 e. The maximum absolute atomic E-state index is 9.58. The summed E-state index contributed by atoms with van der Waals surface area (Å²) in [6, 6.07) is 5.83. The van der Waals surface area contributed by atoms with Gasteiger partial charge in [-0.1, -0.05) is 13.8 Å². The number of methoxy groups -OCH3 is 1. The summed E-state index contributed by atoms with van der Waals surface area (Å²) in [5.74, 6) is 0.679. The molecule has 0 aliphatic carbocycles. The number of benzene rings is 1. The molecule has 0 atom stereocenters. The van der Waals surface area contributed by atoms with E-state index in [1.54, 1.807) is 19.2 Å². The highest BCUT2D eigenvalue weighted by Gasteiger charge is 2.05. The van der Waals surface area contributed by atoms with E-state index in [4.69, 9.17) is 4.74 Å². The summed E-state index contributed by atoms with van der Waals surface area (Å²) < 4.78 is 4.98. The van der Waals surface area contributed by atoms with Crippen molar-refractivity contribution in [3.8, 4) is 11.5 Å². The van der Waals surface area contributed by atoms with Gasteiger partial charge >= 0.3 is 0 Å². The van der Waals surface area contributed by atoms with Crippen LogP contribution in [0.25, 0.3) is 0 Å². The summed E-state index contributed by atoms with van der Waals surface area (Å²) in [7, 11) is 1.54. The Kier molecular flexibility index (Phi) is 4.28. The van der Waals surface area contributed by atoms with Crippen LogP contribution in [0.4, 0.5) is 5.69 Å². The minimum atomic E-state index is 0.174. The molecule has 0 fully saturated rings. The Balaban J connectivity index is 2.74. The zero-order chi connectivity index (χ0) is 11.3. The number of hydrogen-bond acceptors (Lipinski definition) is 3. The van der Waals surface area contributed by atoms with Gasteiger partial charge in [0.25, 0.3) is 0 Å². The molecule has 3 nitrogen and oxygen atoms in total. The standard InChI is InChI=1S/C12H19NO2/c1-4-9(5-2)13-10-6-7-12(15-3)11(14)8-10/h6-9,13-14H,4-5H2,1-3H3. The molecule has 1 aromatic carbocycles. The van der Waals surface area contributed by atoms with Crippen molar-refractivity contribution in [2.24, 2.45) is 0 Å². The summed E-state index contributed by atoms with van der Waals surface area (Å²) in [4.78, 5) is 0. The third-order valence-electron chi connectivity index (χ3n) is 2.54. The second-order valence-corrected chi connectivity index (χ2v) is 3.54. The van der Waals surface area contributed by atoms with E-state index in [-0.39, 0.29) is 5.75 Å². The van der Waals surface area contributed by atoms with Crippen LogP contribution in [0.15, 0.2) is 18.2 Å². The molecule has 0 bridgehead atoms. The second kappa shape index (κ2) is 5.49. The van der Waals surface area contributed by atoms with E-state index < -0.39 is 0 Å². The topological polar surface area (TPSA) is 41.5 Å². The third kappa shape index (κ3) is 3.05. The average Bonchev–Trinajstić information content (AvgIpc) is 2.26. The van der Waals surface area contributed by atoms with Crippen molar-refractivity contribution in [3.63, 3.8) is 0 Å². The highest BCUT2D eigenvalue weighted by atomic mass is 16.5. The quantitative estimate of drug-likeness (QED) is 0.783. The van der Waals surface area contributed by atoms with Gasteiger partial charge in [0.2, 0.25) is 0 Å². The summed E-state index contributed by atoms with van der Waals surface area (Å²) >= 11 is 0. The molecule has 0 saturated carbocycles. The Morgan fingerprint density at radius 2 is 2.00 bits per heavy atom. The lowest BCUT2D eigenvalue weighted by atomic mass is 10.1. The molecule has 1 rings (SSSR count). The molecule has 0 aliphatic heterocycles. The zero-order valence-corrected chi connectivity index (χ0v) is 9.58. The molecule has 84 valence electrons. The SMILES string of the molecule is CCC(CC)Nc1ccc(OC)c(O)c1. The molecule has 0 spiro atoms. The van der Waals surface area contributed by atoms with Crippen LogP contribution < -0.4 is 10.1 Å². The number of phenols is 1. The van der Waals surface area contributed by atoms with Crippen LogP contribution in [-0.4, -0.2) is 18.3 Å². The van der Waals surface area contributed by atoms with Crippen molar-refractivity contribution in [3.05, 3.63) is 18.2 Å². The minimum absolute atomic E-state index is 0.174. The van der Waals surface area contributed by atoms with Crippen LogP contribution in [-0.2, 0) is 0 Å². The Morgan fingerprint density at radius 3 is 2.47 bits per heavy atom. The summed E-state index contributed by atoms with van der Waals surface area (Å²) in [5.41, 5.74) is 0.932. The van der Waals surface area contributed by atoms with E-state index in [2.05, 4.69) is 19.2 Å². The fraction of sp³-hybridized carbons (Fsp3) is 0.500. The Bertz CT molecular complexity index is 308. The highest BCUT2D eigenvalue weighted by molar-refractivity contribution is 5.54. The molecule has 0 aromatic heterocycles. The van der Waals surface area contributed by atoms with Crippen LogP contribution in [0.3, 0.4) is 0 Å². The summed E-state index contributed by atoms with van der Waals surface area (Å²) in [6.45, 7) is 4.29. The van der Waals surface area contributed by atoms with Gasteiger partial charge in [-0.3, -0.25) is 0 Å². The predicted molar refractivity (Wildman–Crippen MR) is 62.7 cm³/mol. The average molecular weight is 209 g/mol. The molecule has 2 N–H and O–H groups in total. The van der Waals surface area contributed by atoms with Crippen LogP contribution in [0.2, 0.25) is 0 Å². The molecule has 1 aromatic rings. The van der Waals surface area contributed by atoms with Gasteiger partial charge in [0, 0.05) is 17.8 Å². The van der Waals surface area contributed by atoms with Crippen molar-refractivity contribution < 1.29 is 9.84 Å². The van der Waals surface area contributed by atoms with Gasteiger partial charge in [-0.2, -0.15) is 0 Å². The van der Waals surface area contributed by atoms with Gasteiger partial charge < -0.3 is 15.2 Å². The molecular formula is C12H19NO2. The molecule has 0 amide bonds. The lowest BCUT2D eigenvalue weighted by Crippen LogP contribution is -2.16. The largest absolute Gasteiger partial charge is 0.504 e. The van der Waals surface area contributed by atoms with Crippen molar-refractivity contribution in [1.82, 2.24) is 0 Å². The van der Waals surface area contributed by atoms with Gasteiger partial charge in [-0.05, 0) is 25.0 Å². The van der Waals surface area contributed by atoms with Gasteiger partial charge in [-0.15, -0.1) is 0 Å². The number of anilines is 1. The third-order valence-corrected chi connectivity index (χ3v) is 2.54. The molecule has 15 heavy (non-hydrogen) atoms. The van der Waals surface area contributed by atoms with Crippen molar-refractivity contribution in [1.29, 1.82) is 0 Å². The smallest absolute Gasteiger partial charge is 0.160 e. The molecule has 0 radical (unpaired) electrons. The number of phenolic OH excluding ortho intramolecular Hbond substituents is 1. The molecular weight excluding hydrogens is 190 g/mol. The molecule has 0 unspecified atom stereocenters. The van der Waals surface area contributed by atoms with Gasteiger partial charge in [0.1, 0.15) is 0 Å². The fourth-order valence-electron chi connectivity index (χ4n) is 1.51. The predicted octanol–water partition coefficient (Wildman–Crippen LogP) is 3.00. The number of hydrogen-bond donors (Lipinski definition) is 2. The summed E-state index contributed by atoms with van der Waals surface area (Å²) in [5, 5.41) is 12.9. The van der Waals surface area contributed by atoms with Crippen LogP contribution in [0, 0.1) is 0 Å². The highest BCUT2D eigenvalue weighted by Crippen LogP contribution is 2.29. The van der Waals surface area contributed by atoms with Gasteiger partial charge in [-0.25, -0.2) is 0 Å². The Morgan fingerprint density at radius 1 is 1.33 bits per heavy atom. The first kappa shape index (κ1) is 11.7. The van der Waals surface area contributed by atoms with Gasteiger partial charge in [0.15, 0.2) is 11.5 Å². The van der Waals surface area contributed by atoms with Gasteiger partial charge in [0.05, 0.1) is 7.11 Å². The van der Waals surface area contributed by atoms with Crippen molar-refractivity contribution >= 4 is 5.69 Å². The van der Waals surface area contributed by atoms with E-state index in [0.29, 0.717) is 11.8 Å². The minimum Gasteiger partial charge on any atom is -0.504 e. The molecule has 0 heterocycles. The van der Waals surface area contributed by atoms with Crippen LogP contribution in [0.1, 0.15) is 26.7 Å². The number of ether oxygens (including phenoxy) is 1. The number of rotatable bonds is 5. The fourth-order valence-corrected chi connectivity index (χ4v) is 1.51. The van der Waals surface area contributed by atoms with E-state index in [1.807, 2.05) is 6.07 Å². The van der Waals surface area contributed by atoms with Crippen LogP contribution in [0.5, 0.6) is 11.5 Å². The van der Waals surface area contributed by atoms with Crippen molar-refractivity contribution in [2.75, 3.05) is 12.4 Å². The normalized spacial score (nSPS) is 10.4. The second-order valence-electron chi connectivity index (χ2n) is 3.54. The first-order valence-electron chi connectivity index (χ1n) is 5.34. The monoisotopic (exact) mass is 209 g/mol. The molecule has 0 aliphatic rings.